The lowest BCUT2D eigenvalue weighted by Crippen LogP contribution is -2.57. The molecule has 2 aliphatic heterocycles. The predicted molar refractivity (Wildman–Crippen MR) is 141 cm³/mol. The van der Waals surface area contributed by atoms with Gasteiger partial charge in [0, 0.05) is 51.9 Å². The van der Waals surface area contributed by atoms with Crippen LogP contribution in [0.25, 0.3) is 11.5 Å². The van der Waals surface area contributed by atoms with Crippen molar-refractivity contribution in [2.45, 2.75) is 19.0 Å². The van der Waals surface area contributed by atoms with Crippen LogP contribution in [0.4, 0.5) is 14.5 Å². The summed E-state index contributed by atoms with van der Waals surface area (Å²) in [4.78, 5) is 4.71. The molecule has 0 N–H and O–H groups in total. The van der Waals surface area contributed by atoms with Gasteiger partial charge < -0.3 is 9.15 Å². The van der Waals surface area contributed by atoms with Gasteiger partial charge in [-0.25, -0.2) is 0 Å². The SMILES string of the molecule is CN(CCN1CCN(C2COC2)CC1)S(=O)(=O)N(Cc1ccccc1-c1nnc(C(F)F)o1)c1ccccc1. The van der Waals surface area contributed by atoms with Crippen molar-refractivity contribution in [2.75, 3.05) is 63.8 Å². The quantitative estimate of drug-likeness (QED) is 0.352. The number of piperazine rings is 1. The van der Waals surface area contributed by atoms with Crippen molar-refractivity contribution in [3.8, 4) is 11.5 Å². The van der Waals surface area contributed by atoms with Crippen molar-refractivity contribution >= 4 is 15.9 Å². The zero-order chi connectivity index (χ0) is 27.4. The first-order valence-corrected chi connectivity index (χ1v) is 14.3. The molecule has 0 unspecified atom stereocenters. The van der Waals surface area contributed by atoms with Gasteiger partial charge in [-0.15, -0.1) is 10.2 Å². The molecule has 10 nitrogen and oxygen atoms in total. The van der Waals surface area contributed by atoms with Crippen LogP contribution < -0.4 is 4.31 Å². The van der Waals surface area contributed by atoms with E-state index >= 15 is 0 Å². The van der Waals surface area contributed by atoms with E-state index in [1.165, 1.54) is 8.61 Å². The van der Waals surface area contributed by atoms with Gasteiger partial charge in [0.15, 0.2) is 0 Å². The molecule has 0 spiro atoms. The number of hydrogen-bond acceptors (Lipinski definition) is 8. The molecule has 0 radical (unpaired) electrons. The van der Waals surface area contributed by atoms with Gasteiger partial charge in [0.2, 0.25) is 5.89 Å². The molecule has 2 aromatic carbocycles. The molecule has 3 aromatic rings. The van der Waals surface area contributed by atoms with E-state index in [-0.39, 0.29) is 12.4 Å². The van der Waals surface area contributed by atoms with Gasteiger partial charge in [0.1, 0.15) is 0 Å². The molecule has 0 bridgehead atoms. The van der Waals surface area contributed by atoms with Gasteiger partial charge in [-0.3, -0.25) is 14.1 Å². The van der Waals surface area contributed by atoms with Crippen LogP contribution in [0.2, 0.25) is 0 Å². The van der Waals surface area contributed by atoms with Crippen LogP contribution in [0.15, 0.2) is 59.0 Å². The van der Waals surface area contributed by atoms with Crippen molar-refractivity contribution in [2.24, 2.45) is 0 Å². The Kier molecular flexibility index (Phi) is 8.52. The van der Waals surface area contributed by atoms with Crippen LogP contribution in [0, 0.1) is 0 Å². The first kappa shape index (κ1) is 27.6. The summed E-state index contributed by atoms with van der Waals surface area (Å²) < 4.78 is 67.0. The fourth-order valence-corrected chi connectivity index (χ4v) is 6.04. The highest BCUT2D eigenvalue weighted by atomic mass is 32.2. The highest BCUT2D eigenvalue weighted by Gasteiger charge is 2.31. The Bertz CT molecular complexity index is 1330. The zero-order valence-corrected chi connectivity index (χ0v) is 22.5. The number of hydrogen-bond donors (Lipinski definition) is 0. The van der Waals surface area contributed by atoms with Gasteiger partial charge in [-0.05, 0) is 23.8 Å². The molecule has 1 aromatic heterocycles. The normalized spacial score (nSPS) is 17.6. The van der Waals surface area contributed by atoms with E-state index in [1.54, 1.807) is 55.6 Å². The Morgan fingerprint density at radius 2 is 1.69 bits per heavy atom. The summed E-state index contributed by atoms with van der Waals surface area (Å²) in [5.74, 6) is -0.874. The lowest BCUT2D eigenvalue weighted by molar-refractivity contribution is -0.0768. The average Bonchev–Trinajstić information content (AvgIpc) is 3.41. The van der Waals surface area contributed by atoms with E-state index in [1.807, 2.05) is 6.07 Å². The fourth-order valence-electron chi connectivity index (χ4n) is 4.71. The number of ether oxygens (including phenoxy) is 1. The summed E-state index contributed by atoms with van der Waals surface area (Å²) in [6, 6.07) is 16.1. The Hall–Kier alpha value is -2.97. The minimum atomic E-state index is -3.95. The molecule has 2 fully saturated rings. The predicted octanol–water partition coefficient (Wildman–Crippen LogP) is 2.87. The monoisotopic (exact) mass is 562 g/mol. The fraction of sp³-hybridized carbons (Fsp3) is 0.462. The largest absolute Gasteiger partial charge is 0.415 e. The van der Waals surface area contributed by atoms with E-state index in [9.17, 15) is 17.2 Å². The molecule has 5 rings (SSSR count). The molecule has 2 aliphatic rings. The Morgan fingerprint density at radius 1 is 1.00 bits per heavy atom. The molecule has 2 saturated heterocycles. The van der Waals surface area contributed by atoms with Crippen molar-refractivity contribution in [1.82, 2.24) is 24.3 Å². The summed E-state index contributed by atoms with van der Waals surface area (Å²) >= 11 is 0. The third kappa shape index (κ3) is 6.28. The highest BCUT2D eigenvalue weighted by Crippen LogP contribution is 2.29. The van der Waals surface area contributed by atoms with E-state index in [2.05, 4.69) is 20.0 Å². The maximum absolute atomic E-state index is 13.9. The summed E-state index contributed by atoms with van der Waals surface area (Å²) in [6.07, 6.45) is -2.90. The molecular formula is C26H32F2N6O4S. The smallest absolute Gasteiger partial charge is 0.314 e. The maximum atomic E-state index is 13.9. The third-order valence-electron chi connectivity index (χ3n) is 7.18. The van der Waals surface area contributed by atoms with E-state index in [0.717, 1.165) is 39.4 Å². The number of para-hydroxylation sites is 1. The van der Waals surface area contributed by atoms with Gasteiger partial charge in [0.05, 0.1) is 31.5 Å². The van der Waals surface area contributed by atoms with Crippen LogP contribution in [-0.4, -0.2) is 98.3 Å². The van der Waals surface area contributed by atoms with Gasteiger partial charge in [0.25, 0.3) is 5.89 Å². The summed E-state index contributed by atoms with van der Waals surface area (Å²) in [6.45, 7) is 6.11. The Labute approximate surface area is 226 Å². The number of alkyl halides is 2. The van der Waals surface area contributed by atoms with Gasteiger partial charge >= 0.3 is 16.6 Å². The molecule has 0 amide bonds. The van der Waals surface area contributed by atoms with Crippen molar-refractivity contribution in [1.29, 1.82) is 0 Å². The summed E-state index contributed by atoms with van der Waals surface area (Å²) in [7, 11) is -2.38. The number of halogens is 2. The summed E-state index contributed by atoms with van der Waals surface area (Å²) in [5.41, 5.74) is 1.42. The standard InChI is InChI=1S/C26H32F2N6O4S/c1-31(11-12-32-13-15-33(16-14-32)22-18-37-19-22)39(35,36)34(21-8-3-2-4-9-21)17-20-7-5-6-10-23(20)25-29-30-26(38-25)24(27)28/h2-10,22,24H,11-19H2,1H3. The first-order valence-electron chi connectivity index (χ1n) is 12.9. The first-order chi connectivity index (χ1) is 18.8. The van der Waals surface area contributed by atoms with Gasteiger partial charge in [-0.2, -0.15) is 21.5 Å². The molecule has 0 saturated carbocycles. The molecule has 39 heavy (non-hydrogen) atoms. The lowest BCUT2D eigenvalue weighted by atomic mass is 10.1. The highest BCUT2D eigenvalue weighted by molar-refractivity contribution is 7.90. The topological polar surface area (TPSA) is 95.2 Å². The maximum Gasteiger partial charge on any atom is 0.314 e. The third-order valence-corrected chi connectivity index (χ3v) is 9.05. The number of nitrogens with zero attached hydrogens (tertiary/aromatic N) is 6. The van der Waals surface area contributed by atoms with Crippen LogP contribution in [0.1, 0.15) is 17.9 Å². The molecule has 210 valence electrons. The van der Waals surface area contributed by atoms with Crippen molar-refractivity contribution in [3.63, 3.8) is 0 Å². The molecule has 0 atom stereocenters. The Balaban J connectivity index is 1.32. The number of benzene rings is 2. The molecular weight excluding hydrogens is 530 g/mol. The average molecular weight is 563 g/mol. The molecule has 13 heteroatoms. The van der Waals surface area contributed by atoms with Crippen LogP contribution in [-0.2, 0) is 21.5 Å². The minimum Gasteiger partial charge on any atom is -0.415 e. The van der Waals surface area contributed by atoms with Crippen LogP contribution >= 0.6 is 0 Å². The zero-order valence-electron chi connectivity index (χ0n) is 21.7. The van der Waals surface area contributed by atoms with Crippen LogP contribution in [0.5, 0.6) is 0 Å². The molecule has 0 aliphatic carbocycles. The second kappa shape index (κ2) is 12.0. The number of rotatable bonds is 11. The van der Waals surface area contributed by atoms with Crippen molar-refractivity contribution in [3.05, 3.63) is 66.1 Å². The number of aromatic nitrogens is 2. The lowest BCUT2D eigenvalue weighted by Gasteiger charge is -2.42. The van der Waals surface area contributed by atoms with E-state index in [4.69, 9.17) is 9.15 Å². The second-order valence-electron chi connectivity index (χ2n) is 9.64. The molecule has 3 heterocycles. The van der Waals surface area contributed by atoms with E-state index < -0.39 is 22.5 Å². The van der Waals surface area contributed by atoms with Crippen molar-refractivity contribution < 1.29 is 26.4 Å². The van der Waals surface area contributed by atoms with Gasteiger partial charge in [-0.1, -0.05) is 36.4 Å². The minimum absolute atomic E-state index is 0.0542. The number of anilines is 1. The van der Waals surface area contributed by atoms with E-state index in [0.29, 0.717) is 35.9 Å². The van der Waals surface area contributed by atoms with Crippen LogP contribution in [0.3, 0.4) is 0 Å². The Morgan fingerprint density at radius 3 is 2.33 bits per heavy atom. The summed E-state index contributed by atoms with van der Waals surface area (Å²) in [5, 5.41) is 7.18. The second-order valence-corrected chi connectivity index (χ2v) is 11.6. The number of likely N-dealkylation sites (N-methyl/N-ethyl adjacent to an activating group) is 1.